The highest BCUT2D eigenvalue weighted by molar-refractivity contribution is 5.24. The largest absolute Gasteiger partial charge is 0.0956 e. The summed E-state index contributed by atoms with van der Waals surface area (Å²) in [7, 11) is 0. The van der Waals surface area contributed by atoms with Gasteiger partial charge in [-0.15, -0.1) is 0 Å². The quantitative estimate of drug-likeness (QED) is 0.0501. The van der Waals surface area contributed by atoms with E-state index in [0.29, 0.717) is 0 Å². The Morgan fingerprint density at radius 2 is 0.381 bits per heavy atom. The van der Waals surface area contributed by atoms with Gasteiger partial charge in [0.05, 0.1) is 0 Å². The second-order valence-electron chi connectivity index (χ2n) is 14.0. The summed E-state index contributed by atoms with van der Waals surface area (Å²) in [5, 5.41) is 0. The van der Waals surface area contributed by atoms with Crippen LogP contribution in [-0.4, -0.2) is 0 Å². The standard InChI is InChI=1S/C42H82/c1-5-7-9-11-13-15-17-19-21-23-25-27-29-31-33-35-37-39-41(3)42(4)40-38-36-34-32-30-28-26-24-22-20-18-16-14-12-10-8-6-2/h3-40H2,1-2H3. The molecule has 0 aliphatic heterocycles. The van der Waals surface area contributed by atoms with Crippen molar-refractivity contribution < 1.29 is 0 Å². The molecule has 0 radical (unpaired) electrons. The molecule has 0 unspecified atom stereocenters. The highest BCUT2D eigenvalue weighted by Crippen LogP contribution is 2.22. The highest BCUT2D eigenvalue weighted by Gasteiger charge is 2.02. The van der Waals surface area contributed by atoms with Crippen LogP contribution in [0.1, 0.15) is 245 Å². The zero-order chi connectivity index (χ0) is 30.6. The van der Waals surface area contributed by atoms with Crippen LogP contribution < -0.4 is 0 Å². The Hall–Kier alpha value is -0.520. The van der Waals surface area contributed by atoms with Crippen molar-refractivity contribution in [3.63, 3.8) is 0 Å². The van der Waals surface area contributed by atoms with E-state index in [1.807, 2.05) is 0 Å². The van der Waals surface area contributed by atoms with Crippen LogP contribution in [0.15, 0.2) is 24.3 Å². The Labute approximate surface area is 268 Å². The summed E-state index contributed by atoms with van der Waals surface area (Å²) < 4.78 is 0. The monoisotopic (exact) mass is 587 g/mol. The molecular weight excluding hydrogens is 504 g/mol. The van der Waals surface area contributed by atoms with Crippen molar-refractivity contribution in [1.29, 1.82) is 0 Å². The van der Waals surface area contributed by atoms with Crippen molar-refractivity contribution in [2.75, 3.05) is 0 Å². The lowest BCUT2D eigenvalue weighted by Gasteiger charge is -2.10. The van der Waals surface area contributed by atoms with Crippen LogP contribution in [-0.2, 0) is 0 Å². The van der Waals surface area contributed by atoms with E-state index < -0.39 is 0 Å². The van der Waals surface area contributed by atoms with Crippen molar-refractivity contribution in [3.8, 4) is 0 Å². The number of hydrogen-bond acceptors (Lipinski definition) is 0. The molecule has 0 N–H and O–H groups in total. The van der Waals surface area contributed by atoms with Crippen molar-refractivity contribution >= 4 is 0 Å². The molecule has 0 aromatic carbocycles. The molecule has 0 fully saturated rings. The molecule has 0 aromatic heterocycles. The Kier molecular flexibility index (Phi) is 36.2. The minimum absolute atomic E-state index is 1.18. The highest BCUT2D eigenvalue weighted by atomic mass is 14.1. The summed E-state index contributed by atoms with van der Waals surface area (Å²) in [4.78, 5) is 0. The van der Waals surface area contributed by atoms with Crippen molar-refractivity contribution in [1.82, 2.24) is 0 Å². The number of unbranched alkanes of at least 4 members (excludes halogenated alkanes) is 32. The summed E-state index contributed by atoms with van der Waals surface area (Å²) in [6.45, 7) is 13.3. The molecule has 0 heterocycles. The Balaban J connectivity index is 3.27. The molecule has 0 aliphatic rings. The van der Waals surface area contributed by atoms with Crippen LogP contribution in [0.2, 0.25) is 0 Å². The molecule has 250 valence electrons. The lowest BCUT2D eigenvalue weighted by molar-refractivity contribution is 0.526. The molecular formula is C42H82. The average molecular weight is 587 g/mol. The average Bonchev–Trinajstić information content (AvgIpc) is 3.00. The summed E-state index contributed by atoms with van der Waals surface area (Å²) >= 11 is 0. The molecule has 0 aliphatic carbocycles. The zero-order valence-corrected chi connectivity index (χ0v) is 29.9. The molecule has 0 amide bonds. The maximum atomic E-state index is 4.36. The van der Waals surface area contributed by atoms with Gasteiger partial charge in [0, 0.05) is 0 Å². The second kappa shape index (κ2) is 36.7. The Bertz CT molecular complexity index is 480. The first-order valence-electron chi connectivity index (χ1n) is 20.1. The lowest BCUT2D eigenvalue weighted by atomic mass is 9.96. The molecule has 0 saturated carbocycles. The Morgan fingerprint density at radius 1 is 0.238 bits per heavy atom. The smallest absolute Gasteiger partial charge is 0.0282 e. The van der Waals surface area contributed by atoms with Gasteiger partial charge >= 0.3 is 0 Å². The van der Waals surface area contributed by atoms with E-state index in [2.05, 4.69) is 27.0 Å². The fourth-order valence-electron chi connectivity index (χ4n) is 6.48. The number of hydrogen-bond donors (Lipinski definition) is 0. The molecule has 0 aromatic rings. The van der Waals surface area contributed by atoms with Crippen molar-refractivity contribution in [2.45, 2.75) is 245 Å². The van der Waals surface area contributed by atoms with Gasteiger partial charge in [0.25, 0.3) is 0 Å². The first kappa shape index (κ1) is 41.5. The normalized spacial score (nSPS) is 11.4. The molecule has 0 nitrogen and oxygen atoms in total. The second-order valence-corrected chi connectivity index (χ2v) is 14.0. The van der Waals surface area contributed by atoms with E-state index >= 15 is 0 Å². The van der Waals surface area contributed by atoms with Gasteiger partial charge in [-0.2, -0.15) is 0 Å². The van der Waals surface area contributed by atoms with Gasteiger partial charge in [-0.25, -0.2) is 0 Å². The maximum absolute atomic E-state index is 4.36. The zero-order valence-electron chi connectivity index (χ0n) is 29.9. The molecule has 42 heavy (non-hydrogen) atoms. The summed E-state index contributed by atoms with van der Waals surface area (Å²) in [6.07, 6.45) is 51.3. The predicted octanol–water partition coefficient (Wildman–Crippen LogP) is 16.2. The molecule has 0 rings (SSSR count). The fourth-order valence-corrected chi connectivity index (χ4v) is 6.48. The fraction of sp³-hybridized carbons (Fsp3) is 0.905. The third-order valence-electron chi connectivity index (χ3n) is 9.66. The minimum atomic E-state index is 1.18. The van der Waals surface area contributed by atoms with Gasteiger partial charge < -0.3 is 0 Å². The SMILES string of the molecule is C=C(CCCCCCCCCCCCCCCCCCC)C(=C)CCCCCCCCCCCCCCCCCCC. The van der Waals surface area contributed by atoms with Gasteiger partial charge in [-0.3, -0.25) is 0 Å². The number of rotatable bonds is 37. The molecule has 0 saturated heterocycles. The van der Waals surface area contributed by atoms with Gasteiger partial charge in [0.1, 0.15) is 0 Å². The van der Waals surface area contributed by atoms with E-state index in [1.165, 1.54) is 242 Å². The molecule has 0 heteroatoms. The molecule has 0 bridgehead atoms. The van der Waals surface area contributed by atoms with E-state index in [1.54, 1.807) is 0 Å². The van der Waals surface area contributed by atoms with E-state index in [0.717, 1.165) is 0 Å². The minimum Gasteiger partial charge on any atom is -0.0956 e. The van der Waals surface area contributed by atoms with Crippen LogP contribution in [0, 0.1) is 0 Å². The van der Waals surface area contributed by atoms with Gasteiger partial charge in [0.2, 0.25) is 0 Å². The first-order valence-corrected chi connectivity index (χ1v) is 20.1. The lowest BCUT2D eigenvalue weighted by Crippen LogP contribution is -1.90. The third-order valence-corrected chi connectivity index (χ3v) is 9.66. The van der Waals surface area contributed by atoms with Gasteiger partial charge in [0.15, 0.2) is 0 Å². The topological polar surface area (TPSA) is 0 Å². The predicted molar refractivity (Wildman–Crippen MR) is 196 cm³/mol. The molecule has 0 atom stereocenters. The van der Waals surface area contributed by atoms with Crippen LogP contribution in [0.3, 0.4) is 0 Å². The third kappa shape index (κ3) is 34.0. The Morgan fingerprint density at radius 3 is 0.548 bits per heavy atom. The summed E-state index contributed by atoms with van der Waals surface area (Å²) in [6, 6.07) is 0. The van der Waals surface area contributed by atoms with E-state index in [-0.39, 0.29) is 0 Å². The summed E-state index contributed by atoms with van der Waals surface area (Å²) in [5.74, 6) is 0. The number of allylic oxidation sites excluding steroid dienone is 2. The van der Waals surface area contributed by atoms with E-state index in [4.69, 9.17) is 0 Å². The van der Waals surface area contributed by atoms with Crippen LogP contribution in [0.4, 0.5) is 0 Å². The van der Waals surface area contributed by atoms with Crippen molar-refractivity contribution in [3.05, 3.63) is 24.3 Å². The molecule has 0 spiro atoms. The van der Waals surface area contributed by atoms with Crippen molar-refractivity contribution in [2.24, 2.45) is 0 Å². The van der Waals surface area contributed by atoms with Crippen LogP contribution in [0.5, 0.6) is 0 Å². The first-order chi connectivity index (χ1) is 20.7. The summed E-state index contributed by atoms with van der Waals surface area (Å²) in [5.41, 5.74) is 2.68. The van der Waals surface area contributed by atoms with Gasteiger partial charge in [-0.1, -0.05) is 244 Å². The van der Waals surface area contributed by atoms with E-state index in [9.17, 15) is 0 Å². The van der Waals surface area contributed by atoms with Crippen LogP contribution >= 0.6 is 0 Å². The maximum Gasteiger partial charge on any atom is -0.0282 e. The van der Waals surface area contributed by atoms with Gasteiger partial charge in [-0.05, 0) is 25.7 Å². The van der Waals surface area contributed by atoms with Crippen LogP contribution in [0.25, 0.3) is 0 Å².